The van der Waals surface area contributed by atoms with Crippen molar-refractivity contribution < 1.29 is 0 Å². The number of imidazole rings is 1. The van der Waals surface area contributed by atoms with E-state index < -0.39 is 0 Å². The molecule has 0 aliphatic heterocycles. The highest BCUT2D eigenvalue weighted by molar-refractivity contribution is 5.25. The lowest BCUT2D eigenvalue weighted by atomic mass is 10.1. The third-order valence-corrected chi connectivity index (χ3v) is 2.23. The van der Waals surface area contributed by atoms with E-state index >= 15 is 0 Å². The van der Waals surface area contributed by atoms with Crippen LogP contribution in [0.2, 0.25) is 0 Å². The minimum atomic E-state index is 0.793. The molecule has 0 saturated heterocycles. The normalized spacial score (nSPS) is 10.9. The summed E-state index contributed by atoms with van der Waals surface area (Å²) in [5.74, 6) is 1.79. The van der Waals surface area contributed by atoms with Gasteiger partial charge in [0.25, 0.3) is 0 Å². The number of rotatable bonds is 6. The third kappa shape index (κ3) is 3.40. The first kappa shape index (κ1) is 11.1. The molecular weight excluding hydrogens is 174 g/mol. The molecule has 0 spiro atoms. The number of hydrogen-bond acceptors (Lipinski definition) is 2. The van der Waals surface area contributed by atoms with Crippen molar-refractivity contribution in [2.24, 2.45) is 5.92 Å². The zero-order valence-corrected chi connectivity index (χ0v) is 9.45. The van der Waals surface area contributed by atoms with Gasteiger partial charge in [0.2, 0.25) is 5.95 Å². The van der Waals surface area contributed by atoms with Crippen LogP contribution in [0.1, 0.15) is 33.6 Å². The SMILES string of the molecule is CCNc1nccn1CCCC(C)C. The smallest absolute Gasteiger partial charge is 0.202 e. The maximum absolute atomic E-state index is 4.26. The van der Waals surface area contributed by atoms with Gasteiger partial charge in [-0.25, -0.2) is 4.98 Å². The fourth-order valence-corrected chi connectivity index (χ4v) is 1.48. The van der Waals surface area contributed by atoms with Crippen molar-refractivity contribution in [3.63, 3.8) is 0 Å². The highest BCUT2D eigenvalue weighted by Crippen LogP contribution is 2.09. The summed E-state index contributed by atoms with van der Waals surface area (Å²) in [6.45, 7) is 8.62. The molecule has 0 atom stereocenters. The summed E-state index contributed by atoms with van der Waals surface area (Å²) in [4.78, 5) is 4.26. The van der Waals surface area contributed by atoms with Gasteiger partial charge in [0.1, 0.15) is 0 Å². The van der Waals surface area contributed by atoms with E-state index in [2.05, 4.69) is 35.6 Å². The van der Waals surface area contributed by atoms with Crippen LogP contribution >= 0.6 is 0 Å². The monoisotopic (exact) mass is 195 g/mol. The molecule has 0 radical (unpaired) electrons. The van der Waals surface area contributed by atoms with Gasteiger partial charge in [-0.2, -0.15) is 0 Å². The molecule has 0 aliphatic carbocycles. The van der Waals surface area contributed by atoms with Gasteiger partial charge in [0, 0.05) is 25.5 Å². The fourth-order valence-electron chi connectivity index (χ4n) is 1.48. The van der Waals surface area contributed by atoms with Gasteiger partial charge in [0.15, 0.2) is 0 Å². The van der Waals surface area contributed by atoms with Crippen molar-refractivity contribution in [3.05, 3.63) is 12.4 Å². The van der Waals surface area contributed by atoms with Crippen molar-refractivity contribution in [2.45, 2.75) is 40.2 Å². The molecule has 0 fully saturated rings. The van der Waals surface area contributed by atoms with Gasteiger partial charge < -0.3 is 9.88 Å². The van der Waals surface area contributed by atoms with E-state index in [0.717, 1.165) is 25.0 Å². The summed E-state index contributed by atoms with van der Waals surface area (Å²) < 4.78 is 2.19. The van der Waals surface area contributed by atoms with Gasteiger partial charge in [0.05, 0.1) is 0 Å². The lowest BCUT2D eigenvalue weighted by Crippen LogP contribution is -2.07. The average molecular weight is 195 g/mol. The Morgan fingerprint density at radius 1 is 1.50 bits per heavy atom. The number of hydrogen-bond donors (Lipinski definition) is 1. The van der Waals surface area contributed by atoms with Crippen molar-refractivity contribution in [1.82, 2.24) is 9.55 Å². The molecule has 1 aromatic rings. The van der Waals surface area contributed by atoms with Gasteiger partial charge in [-0.1, -0.05) is 13.8 Å². The second-order valence-corrected chi connectivity index (χ2v) is 4.01. The van der Waals surface area contributed by atoms with Crippen LogP contribution in [0.5, 0.6) is 0 Å². The number of aryl methyl sites for hydroxylation is 1. The van der Waals surface area contributed by atoms with Gasteiger partial charge in [-0.15, -0.1) is 0 Å². The molecule has 1 heterocycles. The second-order valence-electron chi connectivity index (χ2n) is 4.01. The fraction of sp³-hybridized carbons (Fsp3) is 0.727. The first-order chi connectivity index (χ1) is 6.74. The molecule has 0 aromatic carbocycles. The first-order valence-corrected chi connectivity index (χ1v) is 5.49. The Balaban J connectivity index is 2.37. The van der Waals surface area contributed by atoms with E-state index in [1.165, 1.54) is 12.8 Å². The number of anilines is 1. The first-order valence-electron chi connectivity index (χ1n) is 5.49. The highest BCUT2D eigenvalue weighted by atomic mass is 15.2. The van der Waals surface area contributed by atoms with Crippen LogP contribution in [-0.2, 0) is 6.54 Å². The van der Waals surface area contributed by atoms with Crippen LogP contribution in [-0.4, -0.2) is 16.1 Å². The highest BCUT2D eigenvalue weighted by Gasteiger charge is 2.00. The molecule has 0 saturated carbocycles. The molecular formula is C11H21N3. The second kappa shape index (κ2) is 5.68. The van der Waals surface area contributed by atoms with E-state index in [0.29, 0.717) is 0 Å². The van der Waals surface area contributed by atoms with E-state index in [9.17, 15) is 0 Å². The molecule has 0 bridgehead atoms. The predicted molar refractivity (Wildman–Crippen MR) is 60.5 cm³/mol. The minimum Gasteiger partial charge on any atom is -0.356 e. The quantitative estimate of drug-likeness (QED) is 0.756. The van der Waals surface area contributed by atoms with Crippen molar-refractivity contribution in [1.29, 1.82) is 0 Å². The molecule has 1 N–H and O–H groups in total. The van der Waals surface area contributed by atoms with Gasteiger partial charge >= 0.3 is 0 Å². The molecule has 0 amide bonds. The zero-order valence-electron chi connectivity index (χ0n) is 9.45. The number of nitrogens with one attached hydrogen (secondary N) is 1. The maximum Gasteiger partial charge on any atom is 0.202 e. The van der Waals surface area contributed by atoms with Crippen LogP contribution in [0.4, 0.5) is 5.95 Å². The molecule has 80 valence electrons. The molecule has 1 rings (SSSR count). The Morgan fingerprint density at radius 3 is 2.93 bits per heavy atom. The third-order valence-electron chi connectivity index (χ3n) is 2.23. The van der Waals surface area contributed by atoms with Gasteiger partial charge in [-0.05, 0) is 25.7 Å². The summed E-state index contributed by atoms with van der Waals surface area (Å²) in [5.41, 5.74) is 0. The Kier molecular flexibility index (Phi) is 4.50. The maximum atomic E-state index is 4.26. The van der Waals surface area contributed by atoms with Crippen molar-refractivity contribution >= 4 is 5.95 Å². The largest absolute Gasteiger partial charge is 0.356 e. The lowest BCUT2D eigenvalue weighted by molar-refractivity contribution is 0.513. The Labute approximate surface area is 86.5 Å². The molecule has 0 unspecified atom stereocenters. The van der Waals surface area contributed by atoms with Crippen LogP contribution in [0, 0.1) is 5.92 Å². The molecule has 0 aliphatic rings. The Bertz CT molecular complexity index is 253. The molecule has 3 heteroatoms. The predicted octanol–water partition coefficient (Wildman–Crippen LogP) is 2.75. The van der Waals surface area contributed by atoms with Crippen molar-refractivity contribution in [2.75, 3.05) is 11.9 Å². The summed E-state index contributed by atoms with van der Waals surface area (Å²) >= 11 is 0. The van der Waals surface area contributed by atoms with E-state index in [-0.39, 0.29) is 0 Å². The van der Waals surface area contributed by atoms with Crippen LogP contribution in [0.3, 0.4) is 0 Å². The van der Waals surface area contributed by atoms with Gasteiger partial charge in [-0.3, -0.25) is 0 Å². The molecule has 3 nitrogen and oxygen atoms in total. The topological polar surface area (TPSA) is 29.9 Å². The van der Waals surface area contributed by atoms with Crippen molar-refractivity contribution in [3.8, 4) is 0 Å². The number of nitrogens with zero attached hydrogens (tertiary/aromatic N) is 2. The van der Waals surface area contributed by atoms with Crippen LogP contribution < -0.4 is 5.32 Å². The molecule has 14 heavy (non-hydrogen) atoms. The van der Waals surface area contributed by atoms with E-state index in [4.69, 9.17) is 0 Å². The minimum absolute atomic E-state index is 0.793. The lowest BCUT2D eigenvalue weighted by Gasteiger charge is -2.09. The molecule has 1 aromatic heterocycles. The van der Waals surface area contributed by atoms with E-state index in [1.54, 1.807) is 0 Å². The zero-order chi connectivity index (χ0) is 10.4. The Hall–Kier alpha value is -0.990. The summed E-state index contributed by atoms with van der Waals surface area (Å²) in [7, 11) is 0. The van der Waals surface area contributed by atoms with Crippen LogP contribution in [0.25, 0.3) is 0 Å². The summed E-state index contributed by atoms with van der Waals surface area (Å²) in [5, 5.41) is 3.25. The Morgan fingerprint density at radius 2 is 2.29 bits per heavy atom. The summed E-state index contributed by atoms with van der Waals surface area (Å²) in [6.07, 6.45) is 6.40. The summed E-state index contributed by atoms with van der Waals surface area (Å²) in [6, 6.07) is 0. The standard InChI is InChI=1S/C11H21N3/c1-4-12-11-13-7-9-14(11)8-5-6-10(2)3/h7,9-10H,4-6,8H2,1-3H3,(H,12,13). The number of aromatic nitrogens is 2. The van der Waals surface area contributed by atoms with E-state index in [1.807, 2.05) is 12.4 Å². The average Bonchev–Trinajstić information content (AvgIpc) is 2.53. The van der Waals surface area contributed by atoms with Crippen LogP contribution in [0.15, 0.2) is 12.4 Å².